The maximum absolute atomic E-state index is 10.8. The summed E-state index contributed by atoms with van der Waals surface area (Å²) in [5, 5.41) is 16.9. The van der Waals surface area contributed by atoms with Gasteiger partial charge in [-0.15, -0.1) is 0 Å². The van der Waals surface area contributed by atoms with Crippen molar-refractivity contribution in [2.75, 3.05) is 0 Å². The molecule has 0 spiro atoms. The highest BCUT2D eigenvalue weighted by molar-refractivity contribution is 7.60. The summed E-state index contributed by atoms with van der Waals surface area (Å²) in [4.78, 5) is 17.6. The Bertz CT molecular complexity index is 492. The van der Waals surface area contributed by atoms with Crippen molar-refractivity contribution in [1.29, 1.82) is 10.5 Å². The molecule has 5 nitrogen and oxygen atoms in total. The summed E-state index contributed by atoms with van der Waals surface area (Å²) in [5.41, 5.74) is 0.0676. The molecule has 1 aromatic carbocycles. The average Bonchev–Trinajstić information content (AvgIpc) is 2.15. The van der Waals surface area contributed by atoms with Crippen LogP contribution in [0.4, 0.5) is 0 Å². The molecule has 0 aliphatic rings. The number of benzene rings is 1. The third-order valence-corrected chi connectivity index (χ3v) is 2.53. The third kappa shape index (κ3) is 1.99. The molecule has 6 heteroatoms. The van der Waals surface area contributed by atoms with Gasteiger partial charge in [0.1, 0.15) is 12.1 Å². The zero-order valence-corrected chi connectivity index (χ0v) is 7.77. The van der Waals surface area contributed by atoms with Gasteiger partial charge in [0, 0.05) is 0 Å². The molecule has 14 heavy (non-hydrogen) atoms. The summed E-state index contributed by atoms with van der Waals surface area (Å²) < 4.78 is 10.8. The van der Waals surface area contributed by atoms with Crippen molar-refractivity contribution >= 4 is 12.9 Å². The SMILES string of the molecule is N#Cc1ccc(P(=O)(O)O)cc1C#N. The summed E-state index contributed by atoms with van der Waals surface area (Å²) >= 11 is 0. The molecular formula is C8H5N2O3P. The van der Waals surface area contributed by atoms with Crippen molar-refractivity contribution in [3.05, 3.63) is 29.3 Å². The van der Waals surface area contributed by atoms with E-state index >= 15 is 0 Å². The van der Waals surface area contributed by atoms with Crippen LogP contribution in [0.1, 0.15) is 11.1 Å². The van der Waals surface area contributed by atoms with Crippen molar-refractivity contribution in [2.45, 2.75) is 0 Å². The van der Waals surface area contributed by atoms with Gasteiger partial charge in [-0.2, -0.15) is 10.5 Å². The molecule has 0 fully saturated rings. The van der Waals surface area contributed by atoms with Gasteiger partial charge in [0.25, 0.3) is 0 Å². The van der Waals surface area contributed by atoms with Crippen LogP contribution in [0, 0.1) is 22.7 Å². The summed E-state index contributed by atoms with van der Waals surface area (Å²) in [5.74, 6) is 0. The number of hydrogen-bond donors (Lipinski definition) is 2. The molecule has 2 N–H and O–H groups in total. The normalized spacial score (nSPS) is 10.3. The molecule has 0 aliphatic heterocycles. The minimum atomic E-state index is -4.35. The molecule has 0 radical (unpaired) electrons. The van der Waals surface area contributed by atoms with E-state index in [1.54, 1.807) is 12.1 Å². The second-order valence-electron chi connectivity index (χ2n) is 2.50. The van der Waals surface area contributed by atoms with Crippen molar-refractivity contribution in [3.8, 4) is 12.1 Å². The van der Waals surface area contributed by atoms with Gasteiger partial charge in [-0.3, -0.25) is 4.57 Å². The molecule has 0 aliphatic carbocycles. The highest BCUT2D eigenvalue weighted by atomic mass is 31.2. The Morgan fingerprint density at radius 3 is 2.14 bits per heavy atom. The minimum absolute atomic E-state index is 0.0340. The smallest absolute Gasteiger partial charge is 0.321 e. The van der Waals surface area contributed by atoms with Crippen LogP contribution in [0.5, 0.6) is 0 Å². The Kier molecular flexibility index (Phi) is 2.69. The van der Waals surface area contributed by atoms with E-state index in [4.69, 9.17) is 20.3 Å². The molecule has 0 bridgehead atoms. The standard InChI is InChI=1S/C8H5N2O3P/c9-4-6-1-2-8(14(11,12)13)3-7(6)5-10/h1-3H,(H2,11,12,13). The minimum Gasteiger partial charge on any atom is -0.321 e. The zero-order valence-electron chi connectivity index (χ0n) is 6.88. The molecule has 70 valence electrons. The average molecular weight is 208 g/mol. The van der Waals surface area contributed by atoms with Gasteiger partial charge in [-0.25, -0.2) is 0 Å². The number of rotatable bonds is 1. The van der Waals surface area contributed by atoms with Crippen molar-refractivity contribution < 1.29 is 14.4 Å². The van der Waals surface area contributed by atoms with Crippen LogP contribution in [0.2, 0.25) is 0 Å². The summed E-state index contributed by atoms with van der Waals surface area (Å²) in [6.07, 6.45) is 0. The van der Waals surface area contributed by atoms with Gasteiger partial charge in [0.15, 0.2) is 0 Å². The van der Waals surface area contributed by atoms with Gasteiger partial charge < -0.3 is 9.79 Å². The lowest BCUT2D eigenvalue weighted by Crippen LogP contribution is -2.05. The van der Waals surface area contributed by atoms with Gasteiger partial charge in [-0.05, 0) is 18.2 Å². The first kappa shape index (κ1) is 10.4. The van der Waals surface area contributed by atoms with Crippen molar-refractivity contribution in [3.63, 3.8) is 0 Å². The number of nitriles is 2. The predicted molar refractivity (Wildman–Crippen MR) is 47.6 cm³/mol. The van der Waals surface area contributed by atoms with Crippen molar-refractivity contribution in [2.24, 2.45) is 0 Å². The van der Waals surface area contributed by atoms with E-state index in [-0.39, 0.29) is 16.4 Å². The largest absolute Gasteiger partial charge is 0.356 e. The van der Waals surface area contributed by atoms with Gasteiger partial charge in [-0.1, -0.05) is 0 Å². The van der Waals surface area contributed by atoms with Crippen LogP contribution >= 0.6 is 7.60 Å². The van der Waals surface area contributed by atoms with Crippen LogP contribution in [-0.4, -0.2) is 9.79 Å². The summed E-state index contributed by atoms with van der Waals surface area (Å²) in [7, 11) is -4.35. The second-order valence-corrected chi connectivity index (χ2v) is 4.10. The van der Waals surface area contributed by atoms with Gasteiger partial charge >= 0.3 is 7.60 Å². The molecule has 0 amide bonds. The molecule has 0 heterocycles. The number of hydrogen-bond acceptors (Lipinski definition) is 3. The van der Waals surface area contributed by atoms with Crippen LogP contribution in [-0.2, 0) is 4.57 Å². The monoisotopic (exact) mass is 208 g/mol. The highest BCUT2D eigenvalue weighted by Gasteiger charge is 2.18. The first-order valence-corrected chi connectivity index (χ1v) is 5.10. The first-order valence-electron chi connectivity index (χ1n) is 3.49. The number of nitrogens with zero attached hydrogens (tertiary/aromatic N) is 2. The Morgan fingerprint density at radius 1 is 1.14 bits per heavy atom. The zero-order chi connectivity index (χ0) is 10.8. The molecular weight excluding hydrogens is 203 g/mol. The second kappa shape index (κ2) is 3.61. The lowest BCUT2D eigenvalue weighted by atomic mass is 10.1. The van der Waals surface area contributed by atoms with Crippen LogP contribution in [0.3, 0.4) is 0 Å². The highest BCUT2D eigenvalue weighted by Crippen LogP contribution is 2.33. The molecule has 0 saturated heterocycles. The Labute approximate surface area is 80.0 Å². The molecule has 1 rings (SSSR count). The van der Waals surface area contributed by atoms with Crippen LogP contribution in [0.15, 0.2) is 18.2 Å². The summed E-state index contributed by atoms with van der Waals surface area (Å²) in [6, 6.07) is 6.82. The lowest BCUT2D eigenvalue weighted by Gasteiger charge is -2.03. The molecule has 0 atom stereocenters. The van der Waals surface area contributed by atoms with Gasteiger partial charge in [0.2, 0.25) is 0 Å². The fraction of sp³-hybridized carbons (Fsp3) is 0. The Morgan fingerprint density at radius 2 is 1.71 bits per heavy atom. The molecule has 1 aromatic rings. The fourth-order valence-electron chi connectivity index (χ4n) is 0.903. The van der Waals surface area contributed by atoms with E-state index in [1.165, 1.54) is 6.07 Å². The van der Waals surface area contributed by atoms with E-state index in [0.717, 1.165) is 12.1 Å². The van der Waals surface area contributed by atoms with Crippen LogP contribution < -0.4 is 5.30 Å². The predicted octanol–water partition coefficient (Wildman–Crippen LogP) is 0.233. The van der Waals surface area contributed by atoms with E-state index < -0.39 is 7.60 Å². The lowest BCUT2D eigenvalue weighted by molar-refractivity contribution is 0.387. The maximum atomic E-state index is 10.8. The van der Waals surface area contributed by atoms with Gasteiger partial charge in [0.05, 0.1) is 16.4 Å². The Balaban J connectivity index is 3.39. The first-order chi connectivity index (χ1) is 6.49. The van der Waals surface area contributed by atoms with E-state index in [1.807, 2.05) is 0 Å². The van der Waals surface area contributed by atoms with E-state index in [2.05, 4.69) is 0 Å². The Hall–Kier alpha value is -1.65. The topological polar surface area (TPSA) is 105 Å². The third-order valence-electron chi connectivity index (χ3n) is 1.58. The van der Waals surface area contributed by atoms with Crippen molar-refractivity contribution in [1.82, 2.24) is 0 Å². The molecule has 0 saturated carbocycles. The van der Waals surface area contributed by atoms with Crippen LogP contribution in [0.25, 0.3) is 0 Å². The van der Waals surface area contributed by atoms with E-state index in [0.29, 0.717) is 0 Å². The molecule has 0 unspecified atom stereocenters. The fourth-order valence-corrected chi connectivity index (χ4v) is 1.47. The maximum Gasteiger partial charge on any atom is 0.356 e. The van der Waals surface area contributed by atoms with E-state index in [9.17, 15) is 4.57 Å². The quantitative estimate of drug-likeness (QED) is 0.642. The molecule has 0 aromatic heterocycles. The summed E-state index contributed by atoms with van der Waals surface area (Å²) in [6.45, 7) is 0.